The highest BCUT2D eigenvalue weighted by atomic mass is 16.5. The van der Waals surface area contributed by atoms with E-state index < -0.39 is 0 Å². The summed E-state index contributed by atoms with van der Waals surface area (Å²) in [7, 11) is 0. The third-order valence-corrected chi connectivity index (χ3v) is 2.83. The molecule has 1 fully saturated rings. The van der Waals surface area contributed by atoms with E-state index in [-0.39, 0.29) is 0 Å². The van der Waals surface area contributed by atoms with Crippen molar-refractivity contribution in [1.82, 2.24) is 0 Å². The first-order valence-electron chi connectivity index (χ1n) is 6.20. The Morgan fingerprint density at radius 2 is 1.24 bits per heavy atom. The van der Waals surface area contributed by atoms with Crippen LogP contribution in [0.5, 0.6) is 0 Å². The molecule has 0 radical (unpaired) electrons. The first kappa shape index (κ1) is 16.2. The summed E-state index contributed by atoms with van der Waals surface area (Å²) in [5.41, 5.74) is 0. The van der Waals surface area contributed by atoms with Gasteiger partial charge in [0.1, 0.15) is 0 Å². The van der Waals surface area contributed by atoms with Crippen LogP contribution in [-0.2, 0) is 4.74 Å². The molecule has 0 aliphatic heterocycles. The second kappa shape index (κ2) is 9.25. The predicted octanol–water partition coefficient (Wildman–Crippen LogP) is 2.85. The molecule has 0 aromatic heterocycles. The van der Waals surface area contributed by atoms with E-state index in [0.29, 0.717) is 36.6 Å². The molecule has 0 bridgehead atoms. The van der Waals surface area contributed by atoms with Gasteiger partial charge in [-0.3, -0.25) is 0 Å². The molecule has 1 saturated carbocycles. The number of hydrogen-bond acceptors (Lipinski definition) is 3. The highest BCUT2D eigenvalue weighted by Gasteiger charge is 2.19. The van der Waals surface area contributed by atoms with Gasteiger partial charge in [0, 0.05) is 13.2 Å². The number of rotatable bonds is 4. The lowest BCUT2D eigenvalue weighted by molar-refractivity contribution is 0.131. The first-order chi connectivity index (χ1) is 7.99. The largest absolute Gasteiger partial charge is 0.468 e. The van der Waals surface area contributed by atoms with Crippen molar-refractivity contribution in [3.63, 3.8) is 0 Å². The summed E-state index contributed by atoms with van der Waals surface area (Å²) in [5, 5.41) is 17.6. The van der Waals surface area contributed by atoms with Gasteiger partial charge in [0.25, 0.3) is 0 Å². The lowest BCUT2D eigenvalue weighted by Crippen LogP contribution is -2.19. The SMILES string of the molecule is C=C(C)OC(=C)C.OCC1CCC(CO)CC1. The molecule has 1 aliphatic rings. The van der Waals surface area contributed by atoms with Crippen LogP contribution in [0.4, 0.5) is 0 Å². The van der Waals surface area contributed by atoms with Gasteiger partial charge in [-0.1, -0.05) is 13.2 Å². The minimum Gasteiger partial charge on any atom is -0.468 e. The van der Waals surface area contributed by atoms with E-state index in [1.807, 2.05) is 0 Å². The number of aliphatic hydroxyl groups is 2. The van der Waals surface area contributed by atoms with Crippen LogP contribution in [0.25, 0.3) is 0 Å². The molecule has 3 nitrogen and oxygen atoms in total. The smallest absolute Gasteiger partial charge is 0.0933 e. The van der Waals surface area contributed by atoms with Crippen molar-refractivity contribution in [2.75, 3.05) is 13.2 Å². The molecule has 17 heavy (non-hydrogen) atoms. The van der Waals surface area contributed by atoms with Crippen LogP contribution in [0.3, 0.4) is 0 Å². The van der Waals surface area contributed by atoms with Crippen LogP contribution in [0.15, 0.2) is 24.7 Å². The van der Waals surface area contributed by atoms with Gasteiger partial charge in [-0.15, -0.1) is 0 Å². The maximum atomic E-state index is 8.79. The fourth-order valence-electron chi connectivity index (χ4n) is 1.89. The lowest BCUT2D eigenvalue weighted by atomic mass is 9.83. The second-order valence-electron chi connectivity index (χ2n) is 4.76. The monoisotopic (exact) mass is 242 g/mol. The van der Waals surface area contributed by atoms with Crippen LogP contribution < -0.4 is 0 Å². The Balaban J connectivity index is 0.000000325. The van der Waals surface area contributed by atoms with Gasteiger partial charge in [-0.05, 0) is 51.4 Å². The van der Waals surface area contributed by atoms with Crippen molar-refractivity contribution in [2.45, 2.75) is 39.5 Å². The Labute approximate surface area is 105 Å². The first-order valence-corrected chi connectivity index (χ1v) is 6.20. The van der Waals surface area contributed by atoms with Crippen LogP contribution in [0.2, 0.25) is 0 Å². The van der Waals surface area contributed by atoms with Gasteiger partial charge >= 0.3 is 0 Å². The summed E-state index contributed by atoms with van der Waals surface area (Å²) < 4.78 is 4.86. The summed E-state index contributed by atoms with van der Waals surface area (Å²) >= 11 is 0. The molecule has 0 aromatic rings. The van der Waals surface area contributed by atoms with E-state index in [1.165, 1.54) is 0 Å². The van der Waals surface area contributed by atoms with Crippen LogP contribution in [0, 0.1) is 11.8 Å². The van der Waals surface area contributed by atoms with Crippen molar-refractivity contribution in [2.24, 2.45) is 11.8 Å². The number of aliphatic hydroxyl groups excluding tert-OH is 2. The van der Waals surface area contributed by atoms with Crippen LogP contribution in [-0.4, -0.2) is 23.4 Å². The summed E-state index contributed by atoms with van der Waals surface area (Å²) in [6.07, 6.45) is 4.40. The number of hydrogen-bond donors (Lipinski definition) is 2. The van der Waals surface area contributed by atoms with E-state index in [0.717, 1.165) is 25.7 Å². The third kappa shape index (κ3) is 8.95. The molecular weight excluding hydrogens is 216 g/mol. The molecule has 0 aromatic carbocycles. The topological polar surface area (TPSA) is 49.7 Å². The van der Waals surface area contributed by atoms with Crippen molar-refractivity contribution in [1.29, 1.82) is 0 Å². The maximum Gasteiger partial charge on any atom is 0.0933 e. The molecule has 2 N–H and O–H groups in total. The number of ether oxygens (including phenoxy) is 1. The van der Waals surface area contributed by atoms with Crippen molar-refractivity contribution >= 4 is 0 Å². The van der Waals surface area contributed by atoms with Gasteiger partial charge < -0.3 is 14.9 Å². The molecule has 0 heterocycles. The van der Waals surface area contributed by atoms with Gasteiger partial charge in [0.05, 0.1) is 11.5 Å². The molecule has 0 unspecified atom stereocenters. The maximum absolute atomic E-state index is 8.79. The Hall–Kier alpha value is -0.800. The molecule has 1 rings (SSSR count). The minimum atomic E-state index is 0.331. The lowest BCUT2D eigenvalue weighted by Gasteiger charge is -2.25. The number of allylic oxidation sites excluding steroid dienone is 2. The van der Waals surface area contributed by atoms with Crippen LogP contribution in [0.1, 0.15) is 39.5 Å². The van der Waals surface area contributed by atoms with Gasteiger partial charge in [0.2, 0.25) is 0 Å². The fourth-order valence-corrected chi connectivity index (χ4v) is 1.89. The van der Waals surface area contributed by atoms with E-state index in [1.54, 1.807) is 13.8 Å². The fraction of sp³-hybridized carbons (Fsp3) is 0.714. The van der Waals surface area contributed by atoms with E-state index >= 15 is 0 Å². The van der Waals surface area contributed by atoms with E-state index in [9.17, 15) is 0 Å². The molecule has 0 amide bonds. The summed E-state index contributed by atoms with van der Waals surface area (Å²) in [4.78, 5) is 0. The zero-order chi connectivity index (χ0) is 13.3. The van der Waals surface area contributed by atoms with Crippen molar-refractivity contribution < 1.29 is 14.9 Å². The molecular formula is C14H26O3. The Kier molecular flexibility index (Phi) is 8.82. The van der Waals surface area contributed by atoms with Crippen molar-refractivity contribution in [3.05, 3.63) is 24.7 Å². The normalized spacial score (nSPS) is 23.3. The quantitative estimate of drug-likeness (QED) is 0.745. The Bertz CT molecular complexity index is 204. The average Bonchev–Trinajstić information content (AvgIpc) is 2.28. The van der Waals surface area contributed by atoms with Gasteiger partial charge in [0.15, 0.2) is 0 Å². The average molecular weight is 242 g/mol. The third-order valence-electron chi connectivity index (χ3n) is 2.83. The summed E-state index contributed by atoms with van der Waals surface area (Å²) in [6.45, 7) is 11.3. The molecule has 3 heteroatoms. The molecule has 0 atom stereocenters. The zero-order valence-corrected chi connectivity index (χ0v) is 11.1. The van der Waals surface area contributed by atoms with E-state index in [4.69, 9.17) is 14.9 Å². The summed E-state index contributed by atoms with van der Waals surface area (Å²) in [6, 6.07) is 0. The van der Waals surface area contributed by atoms with Gasteiger partial charge in [-0.2, -0.15) is 0 Å². The van der Waals surface area contributed by atoms with Gasteiger partial charge in [-0.25, -0.2) is 0 Å². The minimum absolute atomic E-state index is 0.331. The van der Waals surface area contributed by atoms with Crippen molar-refractivity contribution in [3.8, 4) is 0 Å². The predicted molar refractivity (Wildman–Crippen MR) is 70.3 cm³/mol. The highest BCUT2D eigenvalue weighted by molar-refractivity contribution is 4.85. The molecule has 100 valence electrons. The standard InChI is InChI=1S/C8H16O2.C6H10O/c9-5-7-1-2-8(6-10)4-3-7;1-5(2)7-6(3)4/h7-10H,1-6H2;1,3H2,2,4H3. The van der Waals surface area contributed by atoms with E-state index in [2.05, 4.69) is 13.2 Å². The summed E-state index contributed by atoms with van der Waals surface area (Å²) in [5.74, 6) is 2.41. The Morgan fingerprint density at radius 1 is 0.941 bits per heavy atom. The molecule has 0 spiro atoms. The second-order valence-corrected chi connectivity index (χ2v) is 4.76. The zero-order valence-electron chi connectivity index (χ0n) is 11.1. The highest BCUT2D eigenvalue weighted by Crippen LogP contribution is 2.27. The molecule has 0 saturated heterocycles. The van der Waals surface area contributed by atoms with Crippen LogP contribution >= 0.6 is 0 Å². The molecule has 1 aliphatic carbocycles. The Morgan fingerprint density at radius 3 is 1.35 bits per heavy atom.